The lowest BCUT2D eigenvalue weighted by Crippen LogP contribution is -2.01. The van der Waals surface area contributed by atoms with Crippen molar-refractivity contribution in [3.63, 3.8) is 0 Å². The predicted octanol–water partition coefficient (Wildman–Crippen LogP) is 4.91. The maximum absolute atomic E-state index is 13.2. The molecule has 0 aliphatic heterocycles. The number of aromatic nitrogens is 1. The van der Waals surface area contributed by atoms with Gasteiger partial charge in [0.2, 0.25) is 5.78 Å². The normalized spacial score (nSPS) is 11.7. The van der Waals surface area contributed by atoms with Gasteiger partial charge in [-0.2, -0.15) is 0 Å². The highest BCUT2D eigenvalue weighted by Crippen LogP contribution is 2.21. The maximum Gasteiger partial charge on any atom is 0.204 e. The van der Waals surface area contributed by atoms with E-state index in [4.69, 9.17) is 0 Å². The molecule has 6 heteroatoms. The van der Waals surface area contributed by atoms with E-state index in [0.29, 0.717) is 22.1 Å². The van der Waals surface area contributed by atoms with Crippen LogP contribution in [0.4, 0.5) is 13.9 Å². The van der Waals surface area contributed by atoms with Crippen LogP contribution >= 0.6 is 11.3 Å². The molecule has 0 spiro atoms. The summed E-state index contributed by atoms with van der Waals surface area (Å²) in [6, 6.07) is 5.52. The third-order valence-corrected chi connectivity index (χ3v) is 3.99. The number of halogens is 2. The van der Waals surface area contributed by atoms with Gasteiger partial charge in [0.15, 0.2) is 5.13 Å². The summed E-state index contributed by atoms with van der Waals surface area (Å²) < 4.78 is 26.2. The largest absolute Gasteiger partial charge is 0.357 e. The second-order valence-electron chi connectivity index (χ2n) is 4.89. The summed E-state index contributed by atoms with van der Waals surface area (Å²) in [4.78, 5) is 16.8. The van der Waals surface area contributed by atoms with Gasteiger partial charge in [0.25, 0.3) is 0 Å². The minimum Gasteiger partial charge on any atom is -0.357 e. The van der Waals surface area contributed by atoms with E-state index in [1.165, 1.54) is 47.9 Å². The first-order chi connectivity index (χ1) is 11.5. The van der Waals surface area contributed by atoms with Crippen LogP contribution in [0.5, 0.6) is 0 Å². The predicted molar refractivity (Wildman–Crippen MR) is 93.6 cm³/mol. The molecule has 0 atom stereocenters. The van der Waals surface area contributed by atoms with Crippen LogP contribution in [0.1, 0.15) is 22.2 Å². The van der Waals surface area contributed by atoms with Crippen molar-refractivity contribution in [2.24, 2.45) is 0 Å². The highest BCUT2D eigenvalue weighted by molar-refractivity contribution is 7.17. The molecular formula is C18H16F2N2OS. The molecule has 0 unspecified atom stereocenters. The van der Waals surface area contributed by atoms with E-state index in [1.54, 1.807) is 19.1 Å². The van der Waals surface area contributed by atoms with Crippen molar-refractivity contribution < 1.29 is 13.6 Å². The van der Waals surface area contributed by atoms with Crippen LogP contribution in [0.15, 0.2) is 66.7 Å². The zero-order valence-electron chi connectivity index (χ0n) is 13.1. The fraction of sp³-hybridized carbons (Fsp3) is 0.111. The fourth-order valence-electron chi connectivity index (χ4n) is 1.77. The van der Waals surface area contributed by atoms with Gasteiger partial charge in [-0.25, -0.2) is 13.8 Å². The summed E-state index contributed by atoms with van der Waals surface area (Å²) in [6.45, 7) is 5.77. The molecule has 0 saturated carbocycles. The number of nitrogens with one attached hydrogen (secondary N) is 1. The van der Waals surface area contributed by atoms with E-state index >= 15 is 0 Å². The Kier molecular flexibility index (Phi) is 6.14. The van der Waals surface area contributed by atoms with Crippen molar-refractivity contribution in [1.82, 2.24) is 4.98 Å². The van der Waals surface area contributed by atoms with Crippen molar-refractivity contribution >= 4 is 22.3 Å². The molecule has 0 saturated heterocycles. The van der Waals surface area contributed by atoms with Crippen molar-refractivity contribution in [1.29, 1.82) is 0 Å². The van der Waals surface area contributed by atoms with Gasteiger partial charge in [0.1, 0.15) is 11.6 Å². The Balaban J connectivity index is 1.97. The Hall–Kier alpha value is -2.60. The summed E-state index contributed by atoms with van der Waals surface area (Å²) in [5.74, 6) is -1.08. The first-order valence-electron chi connectivity index (χ1n) is 7.17. The highest BCUT2D eigenvalue weighted by atomic mass is 32.1. The zero-order valence-corrected chi connectivity index (χ0v) is 13.9. The van der Waals surface area contributed by atoms with Crippen molar-refractivity contribution in [2.45, 2.75) is 6.92 Å². The molecular weight excluding hydrogens is 330 g/mol. The molecule has 0 bridgehead atoms. The van der Waals surface area contributed by atoms with Crippen molar-refractivity contribution in [2.75, 3.05) is 11.9 Å². The summed E-state index contributed by atoms with van der Waals surface area (Å²) in [6.07, 6.45) is 5.68. The van der Waals surface area contributed by atoms with E-state index in [2.05, 4.69) is 16.9 Å². The van der Waals surface area contributed by atoms with Crippen LogP contribution in [0, 0.1) is 5.82 Å². The number of allylic oxidation sites excluding steroid dienone is 3. The number of hydrogen-bond donors (Lipinski definition) is 1. The summed E-state index contributed by atoms with van der Waals surface area (Å²) >= 11 is 1.17. The number of anilines is 1. The second kappa shape index (κ2) is 8.31. The molecule has 124 valence electrons. The van der Waals surface area contributed by atoms with Crippen LogP contribution in [0.2, 0.25) is 0 Å². The number of ketones is 1. The lowest BCUT2D eigenvalue weighted by Gasteiger charge is -2.01. The third-order valence-electron chi connectivity index (χ3n) is 3.04. The van der Waals surface area contributed by atoms with Gasteiger partial charge in [-0.3, -0.25) is 4.79 Å². The minimum atomic E-state index is -0.458. The molecule has 1 heterocycles. The quantitative estimate of drug-likeness (QED) is 0.572. The Morgan fingerprint density at radius 2 is 2.21 bits per heavy atom. The number of nitrogens with zero attached hydrogens (tertiary/aromatic N) is 1. The molecule has 2 aromatic rings. The smallest absolute Gasteiger partial charge is 0.204 e. The van der Waals surface area contributed by atoms with Gasteiger partial charge in [0, 0.05) is 12.1 Å². The standard InChI is InChI=1S/C18H16F2N2OS/c1-3-14(19)8-7-12(2)10-21-18-22-11-16(24-18)17(23)13-5-4-6-15(20)9-13/h3-9,11H,2,10H2,1H3,(H,21,22)/b8-7-,14-3+. The molecule has 1 N–H and O–H groups in total. The number of carbonyl (C=O) groups excluding carboxylic acids is 1. The van der Waals surface area contributed by atoms with Gasteiger partial charge in [-0.1, -0.05) is 42.2 Å². The average Bonchev–Trinajstić information content (AvgIpc) is 3.06. The zero-order chi connectivity index (χ0) is 17.5. The monoisotopic (exact) mass is 346 g/mol. The van der Waals surface area contributed by atoms with Crippen molar-refractivity contribution in [3.8, 4) is 0 Å². The first-order valence-corrected chi connectivity index (χ1v) is 7.99. The molecule has 3 nitrogen and oxygen atoms in total. The number of thiazole rings is 1. The molecule has 2 rings (SSSR count). The summed E-state index contributed by atoms with van der Waals surface area (Å²) in [5, 5.41) is 3.55. The summed E-state index contributed by atoms with van der Waals surface area (Å²) in [5.41, 5.74) is 0.944. The lowest BCUT2D eigenvalue weighted by atomic mass is 10.1. The molecule has 0 amide bonds. The number of carbonyl (C=O) groups is 1. The molecule has 1 aromatic carbocycles. The lowest BCUT2D eigenvalue weighted by molar-refractivity contribution is 0.104. The van der Waals surface area contributed by atoms with Crippen LogP contribution < -0.4 is 5.32 Å². The highest BCUT2D eigenvalue weighted by Gasteiger charge is 2.13. The number of benzene rings is 1. The molecule has 0 radical (unpaired) electrons. The Morgan fingerprint density at radius 1 is 1.42 bits per heavy atom. The van der Waals surface area contributed by atoms with E-state index in [9.17, 15) is 13.6 Å². The molecule has 1 aromatic heterocycles. The Labute approximate surface area is 143 Å². The third kappa shape index (κ3) is 4.96. The van der Waals surface area contributed by atoms with Crippen molar-refractivity contribution in [3.05, 3.63) is 82.9 Å². The molecule has 0 aliphatic carbocycles. The summed E-state index contributed by atoms with van der Waals surface area (Å²) in [7, 11) is 0. The number of rotatable bonds is 7. The minimum absolute atomic E-state index is 0.277. The second-order valence-corrected chi connectivity index (χ2v) is 5.92. The molecule has 0 fully saturated rings. The molecule has 24 heavy (non-hydrogen) atoms. The van der Waals surface area contributed by atoms with E-state index in [0.717, 1.165) is 0 Å². The number of hydrogen-bond acceptors (Lipinski definition) is 4. The first kappa shape index (κ1) is 17.7. The van der Waals surface area contributed by atoms with Crippen LogP contribution in [-0.4, -0.2) is 17.3 Å². The fourth-order valence-corrected chi connectivity index (χ4v) is 2.55. The topological polar surface area (TPSA) is 42.0 Å². The van der Waals surface area contributed by atoms with E-state index < -0.39 is 5.82 Å². The Bertz CT molecular complexity index is 809. The average molecular weight is 346 g/mol. The van der Waals surface area contributed by atoms with Gasteiger partial charge in [-0.15, -0.1) is 0 Å². The molecule has 0 aliphatic rings. The van der Waals surface area contributed by atoms with Gasteiger partial charge in [0.05, 0.1) is 11.1 Å². The van der Waals surface area contributed by atoms with E-state index in [-0.39, 0.29) is 17.2 Å². The maximum atomic E-state index is 13.2. The van der Waals surface area contributed by atoms with Gasteiger partial charge >= 0.3 is 0 Å². The SMILES string of the molecule is C=C(/C=C\C(F)=C/C)CNc1ncc(C(=O)c2cccc(F)c2)s1. The van der Waals surface area contributed by atoms with Crippen LogP contribution in [0.3, 0.4) is 0 Å². The van der Waals surface area contributed by atoms with Crippen LogP contribution in [0.25, 0.3) is 0 Å². The van der Waals surface area contributed by atoms with Gasteiger partial charge in [-0.05, 0) is 30.7 Å². The van der Waals surface area contributed by atoms with Crippen LogP contribution in [-0.2, 0) is 0 Å². The van der Waals surface area contributed by atoms with Gasteiger partial charge < -0.3 is 5.32 Å². The van der Waals surface area contributed by atoms with E-state index in [1.807, 2.05) is 0 Å². The Morgan fingerprint density at radius 3 is 2.92 bits per heavy atom.